The molecular formula is C24H27NO5. The van der Waals surface area contributed by atoms with Crippen molar-refractivity contribution in [2.24, 2.45) is 0 Å². The number of hydrogen-bond acceptors (Lipinski definition) is 5. The molecule has 1 aliphatic carbocycles. The van der Waals surface area contributed by atoms with E-state index in [0.29, 0.717) is 17.1 Å². The van der Waals surface area contributed by atoms with Gasteiger partial charge in [0.25, 0.3) is 5.91 Å². The molecular weight excluding hydrogens is 382 g/mol. The molecule has 0 aromatic heterocycles. The van der Waals surface area contributed by atoms with Crippen molar-refractivity contribution in [3.8, 4) is 11.5 Å². The van der Waals surface area contributed by atoms with Crippen LogP contribution in [0.2, 0.25) is 0 Å². The number of aryl methyl sites for hydroxylation is 1. The molecule has 1 N–H and O–H groups in total. The fraction of sp³-hybridized carbons (Fsp3) is 0.333. The molecule has 0 radical (unpaired) electrons. The third-order valence-corrected chi connectivity index (χ3v) is 5.19. The summed E-state index contributed by atoms with van der Waals surface area (Å²) in [5.41, 5.74) is 3.10. The van der Waals surface area contributed by atoms with Crippen LogP contribution in [0.1, 0.15) is 42.5 Å². The molecule has 2 aromatic carbocycles. The zero-order valence-corrected chi connectivity index (χ0v) is 17.5. The Balaban J connectivity index is 1.58. The predicted molar refractivity (Wildman–Crippen MR) is 114 cm³/mol. The van der Waals surface area contributed by atoms with E-state index in [1.165, 1.54) is 11.6 Å². The van der Waals surface area contributed by atoms with Crippen LogP contribution in [0, 0.1) is 0 Å². The second kappa shape index (κ2) is 9.96. The van der Waals surface area contributed by atoms with E-state index in [-0.39, 0.29) is 11.9 Å². The van der Waals surface area contributed by atoms with Crippen LogP contribution in [0.4, 0.5) is 0 Å². The van der Waals surface area contributed by atoms with Crippen LogP contribution in [0.5, 0.6) is 11.5 Å². The van der Waals surface area contributed by atoms with Crippen molar-refractivity contribution < 1.29 is 23.8 Å². The summed E-state index contributed by atoms with van der Waals surface area (Å²) >= 11 is 0. The normalized spacial score (nSPS) is 16.4. The fourth-order valence-electron chi connectivity index (χ4n) is 3.57. The van der Waals surface area contributed by atoms with Gasteiger partial charge in [-0.25, -0.2) is 4.79 Å². The molecule has 30 heavy (non-hydrogen) atoms. The zero-order chi connectivity index (χ0) is 21.5. The SMILES string of the molecule is COc1ccc(/C=C/C(=O)O[C@H](C)C(=O)N[C@@H]2CCCc3ccccc32)c(OC)c1. The van der Waals surface area contributed by atoms with E-state index in [2.05, 4.69) is 11.4 Å². The minimum absolute atomic E-state index is 0.0531. The van der Waals surface area contributed by atoms with Gasteiger partial charge in [0, 0.05) is 17.7 Å². The molecule has 158 valence electrons. The van der Waals surface area contributed by atoms with Crippen molar-refractivity contribution in [3.63, 3.8) is 0 Å². The Kier molecular flexibility index (Phi) is 7.12. The topological polar surface area (TPSA) is 73.9 Å². The highest BCUT2D eigenvalue weighted by atomic mass is 16.5. The summed E-state index contributed by atoms with van der Waals surface area (Å²) in [6.45, 7) is 1.57. The van der Waals surface area contributed by atoms with Gasteiger partial charge < -0.3 is 19.5 Å². The third kappa shape index (κ3) is 5.20. The minimum atomic E-state index is -0.894. The lowest BCUT2D eigenvalue weighted by atomic mass is 9.87. The monoisotopic (exact) mass is 409 g/mol. The van der Waals surface area contributed by atoms with Crippen LogP contribution in [0.25, 0.3) is 6.08 Å². The van der Waals surface area contributed by atoms with Crippen molar-refractivity contribution in [2.45, 2.75) is 38.3 Å². The molecule has 0 fully saturated rings. The Morgan fingerprint density at radius 1 is 1.13 bits per heavy atom. The number of carbonyl (C=O) groups is 2. The maximum absolute atomic E-state index is 12.6. The highest BCUT2D eigenvalue weighted by Gasteiger charge is 2.24. The molecule has 6 heteroatoms. The number of ether oxygens (including phenoxy) is 3. The second-order valence-corrected chi connectivity index (χ2v) is 7.17. The van der Waals surface area contributed by atoms with E-state index in [0.717, 1.165) is 24.8 Å². The van der Waals surface area contributed by atoms with Gasteiger partial charge in [0.2, 0.25) is 0 Å². The highest BCUT2D eigenvalue weighted by Crippen LogP contribution is 2.29. The number of carbonyl (C=O) groups excluding carboxylic acids is 2. The van der Waals surface area contributed by atoms with Gasteiger partial charge in [0.05, 0.1) is 20.3 Å². The molecule has 0 saturated heterocycles. The van der Waals surface area contributed by atoms with Crippen LogP contribution in [-0.4, -0.2) is 32.2 Å². The van der Waals surface area contributed by atoms with Crippen LogP contribution < -0.4 is 14.8 Å². The average Bonchev–Trinajstić information content (AvgIpc) is 2.77. The number of benzene rings is 2. The lowest BCUT2D eigenvalue weighted by Gasteiger charge is -2.27. The molecule has 6 nitrogen and oxygen atoms in total. The number of methoxy groups -OCH3 is 2. The first-order valence-electron chi connectivity index (χ1n) is 10.0. The number of nitrogens with one attached hydrogen (secondary N) is 1. The van der Waals surface area contributed by atoms with Crippen molar-refractivity contribution >= 4 is 18.0 Å². The first-order chi connectivity index (χ1) is 14.5. The smallest absolute Gasteiger partial charge is 0.331 e. The standard InChI is InChI=1S/C24H27NO5/c1-16(24(27)25-21-10-6-8-17-7-4-5-9-20(17)21)30-23(26)14-12-18-11-13-19(28-2)15-22(18)29-3/h4-5,7,9,11-16,21H,6,8,10H2,1-3H3,(H,25,27)/b14-12+/t16-,21-/m1/s1. The molecule has 1 amide bonds. The number of fused-ring (bicyclic) bond motifs is 1. The summed E-state index contributed by atoms with van der Waals surface area (Å²) in [7, 11) is 3.11. The molecule has 0 bridgehead atoms. The van der Waals surface area contributed by atoms with E-state index in [4.69, 9.17) is 14.2 Å². The molecule has 0 spiro atoms. The largest absolute Gasteiger partial charge is 0.497 e. The van der Waals surface area contributed by atoms with E-state index in [1.807, 2.05) is 18.2 Å². The van der Waals surface area contributed by atoms with Crippen LogP contribution in [0.3, 0.4) is 0 Å². The quantitative estimate of drug-likeness (QED) is 0.556. The lowest BCUT2D eigenvalue weighted by molar-refractivity contribution is -0.150. The lowest BCUT2D eigenvalue weighted by Crippen LogP contribution is -2.39. The number of hydrogen-bond donors (Lipinski definition) is 1. The average molecular weight is 409 g/mol. The Morgan fingerprint density at radius 3 is 2.70 bits per heavy atom. The van der Waals surface area contributed by atoms with Gasteiger partial charge in [-0.2, -0.15) is 0 Å². The molecule has 0 aliphatic heterocycles. The van der Waals surface area contributed by atoms with Gasteiger partial charge >= 0.3 is 5.97 Å². The first-order valence-corrected chi connectivity index (χ1v) is 10.0. The second-order valence-electron chi connectivity index (χ2n) is 7.17. The van der Waals surface area contributed by atoms with Gasteiger partial charge in [0.1, 0.15) is 11.5 Å². The Hall–Kier alpha value is -3.28. The van der Waals surface area contributed by atoms with Crippen LogP contribution in [0.15, 0.2) is 48.5 Å². The summed E-state index contributed by atoms with van der Waals surface area (Å²) in [6.07, 6.45) is 4.89. The molecule has 0 saturated carbocycles. The van der Waals surface area contributed by atoms with E-state index < -0.39 is 12.1 Å². The summed E-state index contributed by atoms with van der Waals surface area (Å²) < 4.78 is 15.7. The number of amides is 1. The Morgan fingerprint density at radius 2 is 1.93 bits per heavy atom. The maximum Gasteiger partial charge on any atom is 0.331 e. The minimum Gasteiger partial charge on any atom is -0.497 e. The zero-order valence-electron chi connectivity index (χ0n) is 17.5. The van der Waals surface area contributed by atoms with Gasteiger partial charge in [-0.05, 0) is 55.5 Å². The summed E-state index contributed by atoms with van der Waals surface area (Å²) in [4.78, 5) is 24.7. The van der Waals surface area contributed by atoms with Crippen molar-refractivity contribution in [2.75, 3.05) is 14.2 Å². The van der Waals surface area contributed by atoms with E-state index in [1.54, 1.807) is 45.4 Å². The van der Waals surface area contributed by atoms with Crippen molar-refractivity contribution in [1.29, 1.82) is 0 Å². The maximum atomic E-state index is 12.6. The Labute approximate surface area is 176 Å². The van der Waals surface area contributed by atoms with Gasteiger partial charge in [-0.3, -0.25) is 4.79 Å². The van der Waals surface area contributed by atoms with Crippen LogP contribution in [-0.2, 0) is 20.7 Å². The molecule has 3 rings (SSSR count). The first kappa shape index (κ1) is 21.4. The molecule has 0 heterocycles. The number of esters is 1. The van der Waals surface area contributed by atoms with Gasteiger partial charge in [-0.1, -0.05) is 24.3 Å². The molecule has 2 atom stereocenters. The Bertz CT molecular complexity index is 937. The molecule has 0 unspecified atom stereocenters. The summed E-state index contributed by atoms with van der Waals surface area (Å²) in [5.74, 6) is 0.321. The summed E-state index contributed by atoms with van der Waals surface area (Å²) in [5, 5.41) is 3.01. The predicted octanol–water partition coefficient (Wildman–Crippen LogP) is 3.84. The van der Waals surface area contributed by atoms with E-state index >= 15 is 0 Å². The van der Waals surface area contributed by atoms with Crippen LogP contribution >= 0.6 is 0 Å². The van der Waals surface area contributed by atoms with Crippen molar-refractivity contribution in [1.82, 2.24) is 5.32 Å². The van der Waals surface area contributed by atoms with Gasteiger partial charge in [-0.15, -0.1) is 0 Å². The number of rotatable bonds is 7. The highest BCUT2D eigenvalue weighted by molar-refractivity contribution is 5.90. The third-order valence-electron chi connectivity index (χ3n) is 5.19. The molecule has 2 aromatic rings. The van der Waals surface area contributed by atoms with Crippen molar-refractivity contribution in [3.05, 3.63) is 65.2 Å². The van der Waals surface area contributed by atoms with E-state index in [9.17, 15) is 9.59 Å². The van der Waals surface area contributed by atoms with Gasteiger partial charge in [0.15, 0.2) is 6.10 Å². The fourth-order valence-corrected chi connectivity index (χ4v) is 3.57. The molecule has 1 aliphatic rings. The summed E-state index contributed by atoms with van der Waals surface area (Å²) in [6, 6.07) is 13.3.